The SMILES string of the molecule is C/C=C\C(=C/C)OCCN1CCC(Nc2nccn(CC(C)=O)c2=O)CC1. The predicted molar refractivity (Wildman–Crippen MR) is 107 cm³/mol. The van der Waals surface area contributed by atoms with Gasteiger partial charge in [-0.05, 0) is 45.8 Å². The lowest BCUT2D eigenvalue weighted by Crippen LogP contribution is -2.41. The van der Waals surface area contributed by atoms with Crippen molar-refractivity contribution < 1.29 is 9.53 Å². The Morgan fingerprint density at radius 3 is 2.74 bits per heavy atom. The van der Waals surface area contributed by atoms with Gasteiger partial charge in [-0.1, -0.05) is 6.08 Å². The zero-order valence-corrected chi connectivity index (χ0v) is 16.5. The average molecular weight is 374 g/mol. The Balaban J connectivity index is 1.79. The molecule has 27 heavy (non-hydrogen) atoms. The van der Waals surface area contributed by atoms with E-state index < -0.39 is 0 Å². The van der Waals surface area contributed by atoms with Crippen molar-refractivity contribution >= 4 is 11.6 Å². The van der Waals surface area contributed by atoms with Gasteiger partial charge in [-0.15, -0.1) is 0 Å². The van der Waals surface area contributed by atoms with Gasteiger partial charge in [-0.3, -0.25) is 14.5 Å². The Morgan fingerprint density at radius 2 is 2.11 bits per heavy atom. The lowest BCUT2D eigenvalue weighted by atomic mass is 10.1. The van der Waals surface area contributed by atoms with E-state index in [1.54, 1.807) is 12.4 Å². The molecule has 1 aliphatic heterocycles. The van der Waals surface area contributed by atoms with Crippen molar-refractivity contribution in [2.45, 2.75) is 46.2 Å². The molecule has 1 aromatic heterocycles. The monoisotopic (exact) mass is 374 g/mol. The Hall–Kier alpha value is -2.41. The molecule has 0 aromatic carbocycles. The molecule has 2 heterocycles. The highest BCUT2D eigenvalue weighted by Gasteiger charge is 2.20. The maximum absolute atomic E-state index is 12.4. The van der Waals surface area contributed by atoms with Crippen LogP contribution in [0.1, 0.15) is 33.6 Å². The van der Waals surface area contributed by atoms with Gasteiger partial charge in [0.15, 0.2) is 5.82 Å². The number of nitrogens with one attached hydrogen (secondary N) is 1. The molecule has 1 N–H and O–H groups in total. The molecule has 0 spiro atoms. The number of piperidine rings is 1. The zero-order chi connectivity index (χ0) is 19.6. The third-order valence-corrected chi connectivity index (χ3v) is 4.53. The van der Waals surface area contributed by atoms with Crippen LogP contribution in [-0.2, 0) is 16.1 Å². The number of likely N-dealkylation sites (tertiary alicyclic amines) is 1. The number of nitrogens with zero attached hydrogens (tertiary/aromatic N) is 3. The lowest BCUT2D eigenvalue weighted by Gasteiger charge is -2.32. The maximum atomic E-state index is 12.4. The molecule has 1 fully saturated rings. The van der Waals surface area contributed by atoms with Gasteiger partial charge in [0, 0.05) is 38.1 Å². The van der Waals surface area contributed by atoms with Gasteiger partial charge in [0.1, 0.15) is 18.1 Å². The predicted octanol–water partition coefficient (Wildman–Crippen LogP) is 2.21. The Labute approximate surface area is 160 Å². The van der Waals surface area contributed by atoms with Crippen LogP contribution in [0.15, 0.2) is 41.2 Å². The summed E-state index contributed by atoms with van der Waals surface area (Å²) in [5.74, 6) is 1.16. The summed E-state index contributed by atoms with van der Waals surface area (Å²) in [5.41, 5.74) is -0.244. The van der Waals surface area contributed by atoms with Crippen LogP contribution in [-0.4, -0.2) is 52.5 Å². The molecule has 7 nitrogen and oxygen atoms in total. The van der Waals surface area contributed by atoms with Crippen molar-refractivity contribution in [2.75, 3.05) is 31.6 Å². The van der Waals surface area contributed by atoms with Gasteiger partial charge >= 0.3 is 0 Å². The van der Waals surface area contributed by atoms with E-state index >= 15 is 0 Å². The van der Waals surface area contributed by atoms with E-state index in [4.69, 9.17) is 4.74 Å². The van der Waals surface area contributed by atoms with E-state index in [2.05, 4.69) is 15.2 Å². The first-order valence-electron chi connectivity index (χ1n) is 9.49. The van der Waals surface area contributed by atoms with Crippen molar-refractivity contribution in [3.8, 4) is 0 Å². The normalized spacial score (nSPS) is 16.6. The van der Waals surface area contributed by atoms with E-state index in [1.807, 2.05) is 32.1 Å². The third kappa shape index (κ3) is 6.67. The highest BCUT2D eigenvalue weighted by Crippen LogP contribution is 2.13. The summed E-state index contributed by atoms with van der Waals surface area (Å²) in [7, 11) is 0. The number of carbonyl (C=O) groups is 1. The maximum Gasteiger partial charge on any atom is 0.293 e. The fraction of sp³-hybridized carbons (Fsp3) is 0.550. The smallest absolute Gasteiger partial charge is 0.293 e. The highest BCUT2D eigenvalue weighted by atomic mass is 16.5. The van der Waals surface area contributed by atoms with E-state index in [0.29, 0.717) is 12.4 Å². The van der Waals surface area contributed by atoms with Crippen molar-refractivity contribution in [3.05, 3.63) is 46.7 Å². The average Bonchev–Trinajstić information content (AvgIpc) is 2.65. The molecule has 0 saturated carbocycles. The van der Waals surface area contributed by atoms with Gasteiger partial charge in [-0.2, -0.15) is 0 Å². The summed E-state index contributed by atoms with van der Waals surface area (Å²) < 4.78 is 7.15. The number of ether oxygens (including phenoxy) is 1. The molecule has 1 saturated heterocycles. The molecule has 148 valence electrons. The van der Waals surface area contributed by atoms with Crippen molar-refractivity contribution in [2.24, 2.45) is 0 Å². The van der Waals surface area contributed by atoms with E-state index in [1.165, 1.54) is 11.5 Å². The second kappa shape index (κ2) is 10.7. The van der Waals surface area contributed by atoms with E-state index in [0.717, 1.165) is 38.2 Å². The highest BCUT2D eigenvalue weighted by molar-refractivity contribution is 5.75. The Bertz CT molecular complexity index is 731. The molecule has 0 aliphatic carbocycles. The first kappa shape index (κ1) is 20.9. The molecular formula is C20H30N4O3. The van der Waals surface area contributed by atoms with E-state index in [9.17, 15) is 9.59 Å². The third-order valence-electron chi connectivity index (χ3n) is 4.53. The Morgan fingerprint density at radius 1 is 1.37 bits per heavy atom. The van der Waals surface area contributed by atoms with Crippen LogP contribution in [0.4, 0.5) is 5.82 Å². The second-order valence-corrected chi connectivity index (χ2v) is 6.71. The minimum Gasteiger partial charge on any atom is -0.493 e. The number of ketones is 1. The van der Waals surface area contributed by atoms with Gasteiger partial charge in [0.25, 0.3) is 5.56 Å². The fourth-order valence-electron chi connectivity index (χ4n) is 3.09. The fourth-order valence-corrected chi connectivity index (χ4v) is 3.09. The molecule has 0 unspecified atom stereocenters. The summed E-state index contributed by atoms with van der Waals surface area (Å²) in [4.78, 5) is 30.2. The molecule has 7 heteroatoms. The number of Topliss-reactive ketones (excluding diaryl/α,β-unsaturated/α-hetero) is 1. The first-order chi connectivity index (χ1) is 13.0. The molecule has 1 aliphatic rings. The lowest BCUT2D eigenvalue weighted by molar-refractivity contribution is -0.117. The first-order valence-corrected chi connectivity index (χ1v) is 9.49. The summed E-state index contributed by atoms with van der Waals surface area (Å²) >= 11 is 0. The van der Waals surface area contributed by atoms with Crippen LogP contribution >= 0.6 is 0 Å². The molecule has 2 rings (SSSR count). The topological polar surface area (TPSA) is 76.5 Å². The number of rotatable bonds is 9. The van der Waals surface area contributed by atoms with Crippen LogP contribution in [0.3, 0.4) is 0 Å². The van der Waals surface area contributed by atoms with Crippen LogP contribution < -0.4 is 10.9 Å². The van der Waals surface area contributed by atoms with Crippen molar-refractivity contribution in [1.82, 2.24) is 14.5 Å². The summed E-state index contributed by atoms with van der Waals surface area (Å²) in [5, 5.41) is 3.25. The number of carbonyl (C=O) groups excluding carboxylic acids is 1. The molecular weight excluding hydrogens is 344 g/mol. The van der Waals surface area contributed by atoms with Gasteiger partial charge < -0.3 is 14.6 Å². The largest absolute Gasteiger partial charge is 0.493 e. The molecule has 1 aromatic rings. The van der Waals surface area contributed by atoms with Crippen LogP contribution in [0.2, 0.25) is 0 Å². The van der Waals surface area contributed by atoms with Crippen molar-refractivity contribution in [1.29, 1.82) is 0 Å². The quantitative estimate of drug-likeness (QED) is 0.528. The summed E-state index contributed by atoms with van der Waals surface area (Å²) in [6.07, 6.45) is 10.9. The van der Waals surface area contributed by atoms with Crippen LogP contribution in [0.5, 0.6) is 0 Å². The number of hydrogen-bond donors (Lipinski definition) is 1. The van der Waals surface area contributed by atoms with Crippen LogP contribution in [0, 0.1) is 0 Å². The molecule has 0 radical (unpaired) electrons. The number of anilines is 1. The second-order valence-electron chi connectivity index (χ2n) is 6.71. The Kier molecular flexibility index (Phi) is 8.26. The molecule has 0 atom stereocenters. The van der Waals surface area contributed by atoms with Crippen LogP contribution in [0.25, 0.3) is 0 Å². The standard InChI is InChI=1S/C20H30N4O3/c1-4-6-18(5-2)27-14-13-23-10-7-17(8-11-23)22-19-20(26)24(12-9-21-19)15-16(3)25/h4-6,9,12,17H,7-8,10-11,13-15H2,1-3H3,(H,21,22)/b6-4-,18-5+. The van der Waals surface area contributed by atoms with Gasteiger partial charge in [0.05, 0.1) is 6.54 Å². The minimum atomic E-state index is -0.244. The summed E-state index contributed by atoms with van der Waals surface area (Å²) in [6, 6.07) is 0.213. The van der Waals surface area contributed by atoms with E-state index in [-0.39, 0.29) is 23.9 Å². The molecule has 0 amide bonds. The number of aromatic nitrogens is 2. The summed E-state index contributed by atoms with van der Waals surface area (Å²) in [6.45, 7) is 8.94. The zero-order valence-electron chi connectivity index (χ0n) is 16.5. The number of hydrogen-bond acceptors (Lipinski definition) is 6. The molecule has 0 bridgehead atoms. The van der Waals surface area contributed by atoms with Gasteiger partial charge in [-0.25, -0.2) is 4.98 Å². The minimum absolute atomic E-state index is 0.0553. The number of allylic oxidation sites excluding steroid dienone is 3. The van der Waals surface area contributed by atoms with Crippen molar-refractivity contribution in [3.63, 3.8) is 0 Å². The van der Waals surface area contributed by atoms with Gasteiger partial charge in [0.2, 0.25) is 0 Å².